The van der Waals surface area contributed by atoms with E-state index in [4.69, 9.17) is 9.47 Å². The highest BCUT2D eigenvalue weighted by atomic mass is 19.1. The molecule has 2 aliphatic rings. The van der Waals surface area contributed by atoms with Gasteiger partial charge in [0.1, 0.15) is 29.6 Å². The fourth-order valence-corrected chi connectivity index (χ4v) is 5.40. The summed E-state index contributed by atoms with van der Waals surface area (Å²) in [4.78, 5) is 14.0. The normalized spacial score (nSPS) is 14.4. The van der Waals surface area contributed by atoms with Crippen molar-refractivity contribution in [3.63, 3.8) is 0 Å². The molecular formula is C40H51F2NO3. The van der Waals surface area contributed by atoms with E-state index >= 15 is 8.78 Å². The van der Waals surface area contributed by atoms with Crippen molar-refractivity contribution in [3.05, 3.63) is 119 Å². The molecule has 1 aliphatic heterocycles. The molecule has 0 atom stereocenters. The fourth-order valence-electron chi connectivity index (χ4n) is 5.40. The molecule has 3 aromatic carbocycles. The number of hydrogen-bond donors (Lipinski definition) is 0. The van der Waals surface area contributed by atoms with Gasteiger partial charge in [0.15, 0.2) is 0 Å². The third kappa shape index (κ3) is 10.6. The first-order chi connectivity index (χ1) is 22.0. The van der Waals surface area contributed by atoms with Crippen LogP contribution in [0.2, 0.25) is 0 Å². The minimum Gasteiger partial charge on any atom is -0.489 e. The number of amides is 1. The number of fused-ring (bicyclic) bond motifs is 1. The van der Waals surface area contributed by atoms with E-state index in [9.17, 15) is 4.79 Å². The number of piperidine rings is 1. The van der Waals surface area contributed by atoms with Crippen LogP contribution in [0.25, 0.3) is 5.57 Å². The number of halogens is 2. The summed E-state index contributed by atoms with van der Waals surface area (Å²) in [5.74, 6) is -0.377. The summed E-state index contributed by atoms with van der Waals surface area (Å²) in [6.07, 6.45) is 8.55. The van der Waals surface area contributed by atoms with Crippen LogP contribution in [-0.2, 0) is 17.8 Å². The van der Waals surface area contributed by atoms with Crippen LogP contribution in [-0.4, -0.2) is 29.7 Å². The van der Waals surface area contributed by atoms with Crippen molar-refractivity contribution in [3.8, 4) is 5.75 Å². The molecule has 0 spiro atoms. The van der Waals surface area contributed by atoms with Gasteiger partial charge in [0, 0.05) is 13.1 Å². The Morgan fingerprint density at radius 3 is 2.15 bits per heavy atom. The van der Waals surface area contributed by atoms with Crippen LogP contribution in [0, 0.1) is 11.6 Å². The van der Waals surface area contributed by atoms with Gasteiger partial charge in [-0.15, -0.1) is 6.58 Å². The van der Waals surface area contributed by atoms with Crippen LogP contribution in [0.5, 0.6) is 5.75 Å². The van der Waals surface area contributed by atoms with Crippen LogP contribution in [0.1, 0.15) is 107 Å². The molecule has 1 heterocycles. The van der Waals surface area contributed by atoms with Crippen molar-refractivity contribution in [2.75, 3.05) is 13.1 Å². The van der Waals surface area contributed by atoms with Crippen molar-refractivity contribution in [2.24, 2.45) is 0 Å². The second-order valence-corrected chi connectivity index (χ2v) is 12.8. The Morgan fingerprint density at radius 2 is 1.59 bits per heavy atom. The van der Waals surface area contributed by atoms with Gasteiger partial charge in [-0.25, -0.2) is 13.6 Å². The molecule has 0 unspecified atom stereocenters. The highest BCUT2D eigenvalue weighted by molar-refractivity contribution is 5.83. The SMILES string of the molecule is C=CCC.CC(C)(C)OC(=O)N1CCC(c2cc(F)c(C3=CCCc4cc(OCc5ccccc5)ccc43)c(F)c2)CC1.CCC. The summed E-state index contributed by atoms with van der Waals surface area (Å²) in [6.45, 7) is 16.8. The maximum absolute atomic E-state index is 15.5. The van der Waals surface area contributed by atoms with Crippen LogP contribution >= 0.6 is 0 Å². The number of carbonyl (C=O) groups excluding carboxylic acids is 1. The van der Waals surface area contributed by atoms with Gasteiger partial charge >= 0.3 is 6.09 Å². The van der Waals surface area contributed by atoms with Gasteiger partial charge in [-0.2, -0.15) is 0 Å². The third-order valence-corrected chi connectivity index (χ3v) is 7.62. The summed E-state index contributed by atoms with van der Waals surface area (Å²) in [7, 11) is 0. The molecule has 0 saturated carbocycles. The molecule has 0 aromatic heterocycles. The number of carbonyl (C=O) groups is 1. The van der Waals surface area contributed by atoms with Crippen LogP contribution in [0.4, 0.5) is 13.6 Å². The maximum Gasteiger partial charge on any atom is 0.410 e. The number of hydrogen-bond acceptors (Lipinski definition) is 3. The minimum atomic E-state index is -0.556. The van der Waals surface area contributed by atoms with Gasteiger partial charge in [0.05, 0.1) is 5.56 Å². The maximum atomic E-state index is 15.5. The predicted molar refractivity (Wildman–Crippen MR) is 185 cm³/mol. The largest absolute Gasteiger partial charge is 0.489 e. The molecular weight excluding hydrogens is 580 g/mol. The summed E-state index contributed by atoms with van der Waals surface area (Å²) in [6, 6.07) is 18.6. The molecule has 0 bridgehead atoms. The molecule has 3 aromatic rings. The Balaban J connectivity index is 0.000000751. The average Bonchev–Trinajstić information content (AvgIpc) is 3.03. The highest BCUT2D eigenvalue weighted by Crippen LogP contribution is 2.38. The number of likely N-dealkylation sites (tertiary alicyclic amines) is 1. The topological polar surface area (TPSA) is 38.8 Å². The first-order valence-corrected chi connectivity index (χ1v) is 16.6. The van der Waals surface area contributed by atoms with E-state index in [1.54, 1.807) is 4.90 Å². The summed E-state index contributed by atoms with van der Waals surface area (Å²) >= 11 is 0. The van der Waals surface area contributed by atoms with Crippen LogP contribution in [0.3, 0.4) is 0 Å². The number of benzene rings is 3. The van der Waals surface area contributed by atoms with Crippen molar-refractivity contribution < 1.29 is 23.0 Å². The summed E-state index contributed by atoms with van der Waals surface area (Å²) in [5.41, 5.74) is 3.63. The molecule has 1 saturated heterocycles. The Hall–Kier alpha value is -3.93. The van der Waals surface area contributed by atoms with E-state index in [0.29, 0.717) is 50.1 Å². The lowest BCUT2D eigenvalue weighted by molar-refractivity contribution is 0.0204. The lowest BCUT2D eigenvalue weighted by Gasteiger charge is -2.33. The van der Waals surface area contributed by atoms with Crippen molar-refractivity contribution in [1.29, 1.82) is 0 Å². The number of aryl methyl sites for hydroxylation is 1. The molecule has 1 amide bonds. The van der Waals surface area contributed by atoms with Gasteiger partial charge in [-0.3, -0.25) is 0 Å². The number of rotatable bonds is 6. The monoisotopic (exact) mass is 631 g/mol. The van der Waals surface area contributed by atoms with Crippen molar-refractivity contribution in [1.82, 2.24) is 4.90 Å². The van der Waals surface area contributed by atoms with Crippen molar-refractivity contribution >= 4 is 11.7 Å². The highest BCUT2D eigenvalue weighted by Gasteiger charge is 2.29. The number of nitrogens with zero attached hydrogens (tertiary/aromatic N) is 1. The zero-order valence-electron chi connectivity index (χ0n) is 28.5. The lowest BCUT2D eigenvalue weighted by atomic mass is 9.84. The molecule has 4 nitrogen and oxygen atoms in total. The van der Waals surface area contributed by atoms with E-state index in [1.165, 1.54) is 18.6 Å². The Kier molecular flexibility index (Phi) is 14.0. The van der Waals surface area contributed by atoms with E-state index < -0.39 is 17.2 Å². The molecule has 1 fully saturated rings. The number of ether oxygens (including phenoxy) is 2. The van der Waals surface area contributed by atoms with Crippen molar-refractivity contribution in [2.45, 2.75) is 98.2 Å². The van der Waals surface area contributed by atoms with E-state index in [-0.39, 0.29) is 17.6 Å². The summed E-state index contributed by atoms with van der Waals surface area (Å²) < 4.78 is 42.5. The Labute approximate surface area is 275 Å². The van der Waals surface area contributed by atoms with E-state index in [2.05, 4.69) is 27.4 Å². The first kappa shape index (κ1) is 36.5. The van der Waals surface area contributed by atoms with Gasteiger partial charge < -0.3 is 14.4 Å². The molecule has 248 valence electrons. The minimum absolute atomic E-state index is 0.0151. The zero-order chi connectivity index (χ0) is 33.7. The van der Waals surface area contributed by atoms with E-state index in [1.807, 2.05) is 81.5 Å². The van der Waals surface area contributed by atoms with Gasteiger partial charge in [0.2, 0.25) is 0 Å². The second-order valence-electron chi connectivity index (χ2n) is 12.8. The third-order valence-electron chi connectivity index (χ3n) is 7.62. The molecule has 5 rings (SSSR count). The van der Waals surface area contributed by atoms with Crippen LogP contribution < -0.4 is 4.74 Å². The average molecular weight is 632 g/mol. The van der Waals surface area contributed by atoms with Crippen LogP contribution in [0.15, 0.2) is 79.4 Å². The first-order valence-electron chi connectivity index (χ1n) is 16.6. The smallest absolute Gasteiger partial charge is 0.410 e. The van der Waals surface area contributed by atoms with E-state index in [0.717, 1.165) is 35.3 Å². The van der Waals surface area contributed by atoms with Gasteiger partial charge in [-0.05, 0) is 111 Å². The molecule has 1 aliphatic carbocycles. The molecule has 0 N–H and O–H groups in total. The molecule has 6 heteroatoms. The predicted octanol–water partition coefficient (Wildman–Crippen LogP) is 11.0. The number of allylic oxidation sites excluding steroid dienone is 2. The van der Waals surface area contributed by atoms with Gasteiger partial charge in [-0.1, -0.05) is 75.7 Å². The Bertz CT molecular complexity index is 1430. The standard InChI is InChI=1S/C33H35F2NO3.C4H8.C3H8/c1-33(2,3)39-32(37)36-16-14-23(15-17-36)25-19-29(34)31(30(35)20-25)28-11-7-10-24-18-26(12-13-27(24)28)38-21-22-8-5-4-6-9-22;1-3-4-2;1-3-2/h4-6,8-9,11-13,18-20,23H,7,10,14-17,21H2,1-3H3;3H,1,4H2,2H3;3H2,1-2H3. The lowest BCUT2D eigenvalue weighted by Crippen LogP contribution is -2.41. The quantitative estimate of drug-likeness (QED) is 0.254. The second kappa shape index (κ2) is 17.7. The summed E-state index contributed by atoms with van der Waals surface area (Å²) in [5, 5.41) is 0. The molecule has 0 radical (unpaired) electrons. The fraction of sp³-hybridized carbons (Fsp3) is 0.425. The molecule has 46 heavy (non-hydrogen) atoms. The Morgan fingerprint density at radius 1 is 0.978 bits per heavy atom. The van der Waals surface area contributed by atoms with Gasteiger partial charge in [0.25, 0.3) is 0 Å². The zero-order valence-corrected chi connectivity index (χ0v) is 28.5.